The zero-order valence-corrected chi connectivity index (χ0v) is 20.1. The smallest absolute Gasteiger partial charge is 0.165 e. The first-order valence-electron chi connectivity index (χ1n) is 9.16. The van der Waals surface area contributed by atoms with Gasteiger partial charge in [0.2, 0.25) is 0 Å². The SMILES string of the molecule is CN1CSC([Si](c2ccccc2)(c2ccccc2)C2SCN(C)CS2)SC1. The van der Waals surface area contributed by atoms with Crippen LogP contribution in [0.3, 0.4) is 0 Å². The molecule has 0 aliphatic carbocycles. The van der Waals surface area contributed by atoms with Crippen LogP contribution in [0.1, 0.15) is 0 Å². The van der Waals surface area contributed by atoms with Gasteiger partial charge in [0.25, 0.3) is 0 Å². The fourth-order valence-electron chi connectivity index (χ4n) is 3.73. The predicted octanol–water partition coefficient (Wildman–Crippen LogP) is 3.63. The van der Waals surface area contributed by atoms with Crippen molar-refractivity contribution >= 4 is 65.5 Å². The molecule has 7 heteroatoms. The van der Waals surface area contributed by atoms with Crippen molar-refractivity contribution in [3.63, 3.8) is 0 Å². The molecule has 27 heavy (non-hydrogen) atoms. The summed E-state index contributed by atoms with van der Waals surface area (Å²) >= 11 is 8.69. The molecule has 0 spiro atoms. The first-order valence-corrected chi connectivity index (χ1v) is 15.5. The van der Waals surface area contributed by atoms with Crippen LogP contribution >= 0.6 is 47.0 Å². The summed E-state index contributed by atoms with van der Waals surface area (Å²) in [5, 5.41) is 3.20. The Bertz CT molecular complexity index is 654. The maximum Gasteiger partial charge on any atom is 0.165 e. The Kier molecular flexibility index (Phi) is 6.90. The standard InChI is InChI=1S/C20H26N2S4Si/c1-21-13-23-19(24-14-21)27(17-9-5-3-6-10-17,18-11-7-4-8-12-18)20-25-15-22(2)16-26-20/h3-12,19-20H,13-16H2,1-2H3. The molecule has 0 bridgehead atoms. The van der Waals surface area contributed by atoms with Gasteiger partial charge in [0, 0.05) is 23.5 Å². The van der Waals surface area contributed by atoms with Crippen molar-refractivity contribution in [1.29, 1.82) is 0 Å². The highest BCUT2D eigenvalue weighted by atomic mass is 32.2. The number of thioether (sulfide) groups is 4. The van der Waals surface area contributed by atoms with Crippen molar-refractivity contribution in [2.24, 2.45) is 0 Å². The summed E-state index contributed by atoms with van der Waals surface area (Å²) in [4.78, 5) is 4.88. The average molecular weight is 451 g/mol. The van der Waals surface area contributed by atoms with Gasteiger partial charge in [0.15, 0.2) is 8.07 Å². The topological polar surface area (TPSA) is 6.48 Å². The fourth-order valence-corrected chi connectivity index (χ4v) is 21.5. The molecule has 2 aromatic carbocycles. The minimum absolute atomic E-state index is 0.645. The molecular formula is C20H26N2S4Si. The molecule has 4 rings (SSSR count). The normalized spacial score (nSPS) is 21.4. The molecular weight excluding hydrogens is 425 g/mol. The lowest BCUT2D eigenvalue weighted by Crippen LogP contribution is -2.71. The molecule has 0 saturated carbocycles. The molecule has 0 unspecified atom stereocenters. The van der Waals surface area contributed by atoms with E-state index in [2.05, 4.69) is 132 Å². The van der Waals surface area contributed by atoms with E-state index in [-0.39, 0.29) is 0 Å². The van der Waals surface area contributed by atoms with Crippen molar-refractivity contribution in [2.45, 2.75) is 8.41 Å². The van der Waals surface area contributed by atoms with Gasteiger partial charge in [0.05, 0.1) is 8.41 Å². The first kappa shape index (κ1) is 20.3. The third-order valence-corrected chi connectivity index (χ3v) is 20.8. The van der Waals surface area contributed by atoms with Crippen LogP contribution in [0.25, 0.3) is 0 Å². The fraction of sp³-hybridized carbons (Fsp3) is 0.400. The second kappa shape index (κ2) is 9.20. The Morgan fingerprint density at radius 2 is 0.963 bits per heavy atom. The average Bonchev–Trinajstić information content (AvgIpc) is 2.73. The van der Waals surface area contributed by atoms with E-state index in [9.17, 15) is 0 Å². The highest BCUT2D eigenvalue weighted by Gasteiger charge is 2.53. The number of rotatable bonds is 4. The van der Waals surface area contributed by atoms with E-state index in [1.54, 1.807) is 10.4 Å². The van der Waals surface area contributed by atoms with Gasteiger partial charge in [-0.2, -0.15) is 0 Å². The Hall–Kier alpha value is -0.0231. The summed E-state index contributed by atoms with van der Waals surface area (Å²) in [6.45, 7) is 0. The van der Waals surface area contributed by atoms with Gasteiger partial charge < -0.3 is 0 Å². The van der Waals surface area contributed by atoms with Crippen molar-refractivity contribution in [3.05, 3.63) is 60.7 Å². The Labute approximate surface area is 181 Å². The van der Waals surface area contributed by atoms with Crippen LogP contribution in [0.15, 0.2) is 60.7 Å². The zero-order chi connectivity index (χ0) is 18.7. The van der Waals surface area contributed by atoms with Gasteiger partial charge in [-0.15, -0.1) is 47.0 Å². The number of hydrogen-bond donors (Lipinski definition) is 0. The van der Waals surface area contributed by atoms with Crippen LogP contribution in [0.2, 0.25) is 0 Å². The first-order chi connectivity index (χ1) is 13.2. The van der Waals surface area contributed by atoms with E-state index in [0.29, 0.717) is 8.41 Å². The molecule has 2 nitrogen and oxygen atoms in total. The Morgan fingerprint density at radius 1 is 0.630 bits per heavy atom. The quantitative estimate of drug-likeness (QED) is 0.652. The number of benzene rings is 2. The van der Waals surface area contributed by atoms with E-state index in [1.807, 2.05) is 0 Å². The monoisotopic (exact) mass is 450 g/mol. The van der Waals surface area contributed by atoms with E-state index in [4.69, 9.17) is 0 Å². The molecule has 2 heterocycles. The van der Waals surface area contributed by atoms with Crippen LogP contribution in [0.5, 0.6) is 0 Å². The Morgan fingerprint density at radius 3 is 1.30 bits per heavy atom. The summed E-state index contributed by atoms with van der Waals surface area (Å²) in [5.74, 6) is 4.53. The molecule has 144 valence electrons. The Balaban J connectivity index is 1.85. The van der Waals surface area contributed by atoms with Crippen LogP contribution < -0.4 is 10.4 Å². The summed E-state index contributed by atoms with van der Waals surface area (Å²) < 4.78 is 1.29. The lowest BCUT2D eigenvalue weighted by molar-refractivity contribution is 0.463. The molecule has 2 fully saturated rings. The second-order valence-corrected chi connectivity index (χ2v) is 17.7. The summed E-state index contributed by atoms with van der Waals surface area (Å²) in [6, 6.07) is 23.0. The van der Waals surface area contributed by atoms with Crippen LogP contribution in [-0.2, 0) is 0 Å². The van der Waals surface area contributed by atoms with Gasteiger partial charge in [-0.3, -0.25) is 9.80 Å². The largest absolute Gasteiger partial charge is 0.288 e. The van der Waals surface area contributed by atoms with Gasteiger partial charge in [-0.1, -0.05) is 71.0 Å². The summed E-state index contributed by atoms with van der Waals surface area (Å²) in [5.41, 5.74) is 0. The second-order valence-electron chi connectivity index (χ2n) is 7.16. The number of nitrogens with zero attached hydrogens (tertiary/aromatic N) is 2. The maximum absolute atomic E-state index is 2.44. The highest BCUT2D eigenvalue weighted by molar-refractivity contribution is 8.24. The molecule has 0 atom stereocenters. The maximum atomic E-state index is 2.44. The van der Waals surface area contributed by atoms with E-state index in [1.165, 1.54) is 0 Å². The molecule has 2 aromatic rings. The third-order valence-electron chi connectivity index (χ3n) is 5.03. The molecule has 0 aromatic heterocycles. The van der Waals surface area contributed by atoms with E-state index < -0.39 is 8.07 Å². The molecule has 2 saturated heterocycles. The molecule has 2 aliphatic heterocycles. The highest BCUT2D eigenvalue weighted by Crippen LogP contribution is 2.45. The van der Waals surface area contributed by atoms with Gasteiger partial charge >= 0.3 is 0 Å². The van der Waals surface area contributed by atoms with E-state index in [0.717, 1.165) is 23.5 Å². The van der Waals surface area contributed by atoms with Crippen molar-refractivity contribution in [2.75, 3.05) is 37.6 Å². The van der Waals surface area contributed by atoms with Crippen LogP contribution in [0.4, 0.5) is 0 Å². The van der Waals surface area contributed by atoms with Gasteiger partial charge in [0.1, 0.15) is 0 Å². The van der Waals surface area contributed by atoms with Crippen LogP contribution in [0, 0.1) is 0 Å². The predicted molar refractivity (Wildman–Crippen MR) is 131 cm³/mol. The van der Waals surface area contributed by atoms with Crippen molar-refractivity contribution in [3.8, 4) is 0 Å². The lowest BCUT2D eigenvalue weighted by atomic mass is 10.4. The lowest BCUT2D eigenvalue weighted by Gasteiger charge is -2.48. The van der Waals surface area contributed by atoms with Gasteiger partial charge in [-0.05, 0) is 14.1 Å². The summed E-state index contributed by atoms with van der Waals surface area (Å²) in [6.07, 6.45) is 0. The molecule has 0 radical (unpaired) electrons. The van der Waals surface area contributed by atoms with Crippen molar-refractivity contribution < 1.29 is 0 Å². The third kappa shape index (κ3) is 4.15. The molecule has 0 amide bonds. The van der Waals surface area contributed by atoms with Crippen molar-refractivity contribution in [1.82, 2.24) is 9.80 Å². The zero-order valence-electron chi connectivity index (χ0n) is 15.8. The van der Waals surface area contributed by atoms with Crippen LogP contribution in [-0.4, -0.2) is 63.9 Å². The summed E-state index contributed by atoms with van der Waals surface area (Å²) in [7, 11) is 2.47. The molecule has 0 N–H and O–H groups in total. The minimum Gasteiger partial charge on any atom is -0.288 e. The molecule has 2 aliphatic rings. The van der Waals surface area contributed by atoms with E-state index >= 15 is 0 Å². The minimum atomic E-state index is -2.01. The number of hydrogen-bond acceptors (Lipinski definition) is 6. The van der Waals surface area contributed by atoms with Gasteiger partial charge in [-0.25, -0.2) is 0 Å².